The Hall–Kier alpha value is -2.56. The average molecular weight is 326 g/mol. The number of benzene rings is 1. The van der Waals surface area contributed by atoms with Gasteiger partial charge in [0, 0.05) is 18.8 Å². The van der Waals surface area contributed by atoms with E-state index in [1.165, 1.54) is 12.5 Å². The van der Waals surface area contributed by atoms with E-state index in [0.717, 1.165) is 29.7 Å². The van der Waals surface area contributed by atoms with Crippen LogP contribution in [0.1, 0.15) is 34.3 Å². The van der Waals surface area contributed by atoms with Gasteiger partial charge in [-0.2, -0.15) is 0 Å². The standard InChI is InChI=1S/C19H22N2O3/c1-13-8-14(2)10-17(9-13)20-18(22)15-4-3-6-21(11-15)19(23)16-5-7-24-12-16/h5,7-10,12,15H,3-4,6,11H2,1-2H3,(H,20,22)/t15-/m1/s1. The Morgan fingerprint density at radius 1 is 1.21 bits per heavy atom. The first kappa shape index (κ1) is 16.3. The van der Waals surface area contributed by atoms with Gasteiger partial charge in [0.05, 0.1) is 17.7 Å². The summed E-state index contributed by atoms with van der Waals surface area (Å²) in [4.78, 5) is 26.7. The molecule has 1 aliphatic heterocycles. The maximum Gasteiger partial charge on any atom is 0.257 e. The second kappa shape index (κ2) is 6.91. The van der Waals surface area contributed by atoms with E-state index in [-0.39, 0.29) is 17.7 Å². The van der Waals surface area contributed by atoms with Gasteiger partial charge in [-0.1, -0.05) is 6.07 Å². The molecule has 1 aromatic heterocycles. The van der Waals surface area contributed by atoms with Gasteiger partial charge in [0.25, 0.3) is 5.91 Å². The minimum atomic E-state index is -0.185. The lowest BCUT2D eigenvalue weighted by molar-refractivity contribution is -0.121. The molecule has 0 saturated carbocycles. The Morgan fingerprint density at radius 2 is 1.96 bits per heavy atom. The van der Waals surface area contributed by atoms with Crippen molar-refractivity contribution >= 4 is 17.5 Å². The number of rotatable bonds is 3. The molecule has 0 spiro atoms. The molecule has 5 heteroatoms. The first-order chi connectivity index (χ1) is 11.5. The van der Waals surface area contributed by atoms with Gasteiger partial charge in [0.1, 0.15) is 6.26 Å². The molecule has 1 aromatic carbocycles. The molecular weight excluding hydrogens is 304 g/mol. The molecule has 0 radical (unpaired) electrons. The monoisotopic (exact) mass is 326 g/mol. The molecule has 0 unspecified atom stereocenters. The molecule has 1 aliphatic rings. The molecule has 2 aromatic rings. The number of carbonyl (C=O) groups excluding carboxylic acids is 2. The molecule has 1 atom stereocenters. The maximum absolute atomic E-state index is 12.6. The summed E-state index contributed by atoms with van der Waals surface area (Å²) in [5.74, 6) is -0.284. The van der Waals surface area contributed by atoms with E-state index < -0.39 is 0 Å². The van der Waals surface area contributed by atoms with Crippen LogP contribution >= 0.6 is 0 Å². The number of furan rings is 1. The molecule has 1 fully saturated rings. The third kappa shape index (κ3) is 3.67. The Bertz CT molecular complexity index is 717. The summed E-state index contributed by atoms with van der Waals surface area (Å²) in [7, 11) is 0. The Labute approximate surface area is 141 Å². The van der Waals surface area contributed by atoms with Gasteiger partial charge in [-0.15, -0.1) is 0 Å². The van der Waals surface area contributed by atoms with E-state index in [4.69, 9.17) is 4.42 Å². The molecule has 0 aliphatic carbocycles. The van der Waals surface area contributed by atoms with E-state index in [0.29, 0.717) is 18.7 Å². The number of piperidine rings is 1. The van der Waals surface area contributed by atoms with E-state index in [1.807, 2.05) is 26.0 Å². The highest BCUT2D eigenvalue weighted by Crippen LogP contribution is 2.21. The van der Waals surface area contributed by atoms with Crippen molar-refractivity contribution in [2.45, 2.75) is 26.7 Å². The van der Waals surface area contributed by atoms with Crippen LogP contribution in [0.15, 0.2) is 41.2 Å². The Kier molecular flexibility index (Phi) is 4.69. The number of aryl methyl sites for hydroxylation is 2. The third-order valence-corrected chi connectivity index (χ3v) is 4.34. The third-order valence-electron chi connectivity index (χ3n) is 4.34. The van der Waals surface area contributed by atoms with Crippen molar-refractivity contribution in [1.82, 2.24) is 4.90 Å². The summed E-state index contributed by atoms with van der Waals surface area (Å²) < 4.78 is 4.98. The fourth-order valence-corrected chi connectivity index (χ4v) is 3.24. The van der Waals surface area contributed by atoms with Crippen molar-refractivity contribution in [3.8, 4) is 0 Å². The minimum absolute atomic E-state index is 0.0234. The number of hydrogen-bond acceptors (Lipinski definition) is 3. The van der Waals surface area contributed by atoms with Crippen LogP contribution in [-0.4, -0.2) is 29.8 Å². The molecular formula is C19H22N2O3. The predicted octanol–water partition coefficient (Wildman–Crippen LogP) is 3.39. The second-order valence-electron chi connectivity index (χ2n) is 6.47. The lowest BCUT2D eigenvalue weighted by Gasteiger charge is -2.31. The zero-order valence-electron chi connectivity index (χ0n) is 14.0. The lowest BCUT2D eigenvalue weighted by Crippen LogP contribution is -2.43. The zero-order valence-corrected chi connectivity index (χ0v) is 14.0. The Balaban J connectivity index is 1.65. The first-order valence-corrected chi connectivity index (χ1v) is 8.23. The van der Waals surface area contributed by atoms with Crippen LogP contribution in [0.3, 0.4) is 0 Å². The van der Waals surface area contributed by atoms with Gasteiger partial charge < -0.3 is 14.6 Å². The first-order valence-electron chi connectivity index (χ1n) is 8.23. The summed E-state index contributed by atoms with van der Waals surface area (Å²) in [5, 5.41) is 2.99. The van der Waals surface area contributed by atoms with Crippen LogP contribution in [0, 0.1) is 19.8 Å². The highest BCUT2D eigenvalue weighted by atomic mass is 16.3. The van der Waals surface area contributed by atoms with Crippen LogP contribution in [0.4, 0.5) is 5.69 Å². The molecule has 3 rings (SSSR count). The van der Waals surface area contributed by atoms with Gasteiger partial charge >= 0.3 is 0 Å². The maximum atomic E-state index is 12.6. The van der Waals surface area contributed by atoms with Gasteiger partial charge in [-0.05, 0) is 56.0 Å². The lowest BCUT2D eigenvalue weighted by atomic mass is 9.96. The number of nitrogens with zero attached hydrogens (tertiary/aromatic N) is 1. The van der Waals surface area contributed by atoms with Gasteiger partial charge in [-0.3, -0.25) is 9.59 Å². The molecule has 5 nitrogen and oxygen atoms in total. The molecule has 0 bridgehead atoms. The SMILES string of the molecule is Cc1cc(C)cc(NC(=O)[C@@H]2CCCN(C(=O)c3ccoc3)C2)c1. The van der Waals surface area contributed by atoms with E-state index in [9.17, 15) is 9.59 Å². The second-order valence-corrected chi connectivity index (χ2v) is 6.47. The summed E-state index contributed by atoms with van der Waals surface area (Å²) in [6, 6.07) is 7.65. The molecule has 1 N–H and O–H groups in total. The van der Waals surface area contributed by atoms with Crippen LogP contribution in [0.5, 0.6) is 0 Å². The molecule has 24 heavy (non-hydrogen) atoms. The number of carbonyl (C=O) groups is 2. The summed E-state index contributed by atoms with van der Waals surface area (Å²) in [6.07, 6.45) is 4.56. The number of amides is 2. The summed E-state index contributed by atoms with van der Waals surface area (Å²) in [5.41, 5.74) is 3.58. The number of anilines is 1. The van der Waals surface area contributed by atoms with Crippen LogP contribution < -0.4 is 5.32 Å². The normalized spacial score (nSPS) is 17.6. The van der Waals surface area contributed by atoms with Crippen LogP contribution in [-0.2, 0) is 4.79 Å². The quantitative estimate of drug-likeness (QED) is 0.940. The fourth-order valence-electron chi connectivity index (χ4n) is 3.24. The molecule has 2 heterocycles. The van der Waals surface area contributed by atoms with E-state index >= 15 is 0 Å². The van der Waals surface area contributed by atoms with E-state index in [1.54, 1.807) is 11.0 Å². The van der Waals surface area contributed by atoms with Gasteiger partial charge in [0.2, 0.25) is 5.91 Å². The Morgan fingerprint density at radius 3 is 2.62 bits per heavy atom. The smallest absolute Gasteiger partial charge is 0.257 e. The highest BCUT2D eigenvalue weighted by molar-refractivity contribution is 5.96. The summed E-state index contributed by atoms with van der Waals surface area (Å²) in [6.45, 7) is 5.14. The van der Waals surface area contributed by atoms with Crippen molar-refractivity contribution in [3.05, 3.63) is 53.5 Å². The highest BCUT2D eigenvalue weighted by Gasteiger charge is 2.29. The molecule has 126 valence electrons. The largest absolute Gasteiger partial charge is 0.472 e. The van der Waals surface area contributed by atoms with Gasteiger partial charge in [0.15, 0.2) is 0 Å². The van der Waals surface area contributed by atoms with Crippen molar-refractivity contribution < 1.29 is 14.0 Å². The molecule has 1 saturated heterocycles. The van der Waals surface area contributed by atoms with Crippen LogP contribution in [0.2, 0.25) is 0 Å². The van der Waals surface area contributed by atoms with E-state index in [2.05, 4.69) is 11.4 Å². The van der Waals surface area contributed by atoms with Gasteiger partial charge in [-0.25, -0.2) is 0 Å². The average Bonchev–Trinajstić information content (AvgIpc) is 3.07. The van der Waals surface area contributed by atoms with Crippen molar-refractivity contribution in [2.75, 3.05) is 18.4 Å². The zero-order chi connectivity index (χ0) is 17.1. The topological polar surface area (TPSA) is 62.6 Å². The molecule has 2 amide bonds. The fraction of sp³-hybridized carbons (Fsp3) is 0.368. The van der Waals surface area contributed by atoms with Crippen molar-refractivity contribution in [2.24, 2.45) is 5.92 Å². The van der Waals surface area contributed by atoms with Crippen molar-refractivity contribution in [1.29, 1.82) is 0 Å². The van der Waals surface area contributed by atoms with Crippen LogP contribution in [0.25, 0.3) is 0 Å². The number of hydrogen-bond donors (Lipinski definition) is 1. The number of likely N-dealkylation sites (tertiary alicyclic amines) is 1. The predicted molar refractivity (Wildman–Crippen MR) is 91.9 cm³/mol. The summed E-state index contributed by atoms with van der Waals surface area (Å²) >= 11 is 0. The van der Waals surface area contributed by atoms with Crippen molar-refractivity contribution in [3.63, 3.8) is 0 Å². The minimum Gasteiger partial charge on any atom is -0.472 e. The number of nitrogens with one attached hydrogen (secondary N) is 1.